The predicted octanol–water partition coefficient (Wildman–Crippen LogP) is 1.54. The van der Waals surface area contributed by atoms with Gasteiger partial charge in [0.05, 0.1) is 12.4 Å². The van der Waals surface area contributed by atoms with Crippen LogP contribution in [0.5, 0.6) is 0 Å². The van der Waals surface area contributed by atoms with Crippen molar-refractivity contribution in [1.82, 2.24) is 46.5 Å². The first-order valence-corrected chi connectivity index (χ1v) is 22.0. The molecule has 6 rings (SSSR count). The van der Waals surface area contributed by atoms with Gasteiger partial charge in [0.15, 0.2) is 0 Å². The van der Waals surface area contributed by atoms with Gasteiger partial charge in [-0.2, -0.15) is 12.6 Å². The number of amides is 5. The largest absolute Gasteiger partial charge is 0.480 e. The molecule has 0 aliphatic rings. The van der Waals surface area contributed by atoms with Crippen LogP contribution >= 0.6 is 12.6 Å². The van der Waals surface area contributed by atoms with E-state index in [4.69, 9.17) is 11.5 Å². The van der Waals surface area contributed by atoms with E-state index in [1.54, 1.807) is 42.7 Å². The Labute approximate surface area is 380 Å². The summed E-state index contributed by atoms with van der Waals surface area (Å²) in [5.41, 5.74) is 16.1. The van der Waals surface area contributed by atoms with Crippen LogP contribution in [0.3, 0.4) is 0 Å². The number of thiol groups is 1. The summed E-state index contributed by atoms with van der Waals surface area (Å²) in [6.07, 6.45) is 7.58. The first-order valence-electron chi connectivity index (χ1n) is 21.4. The Kier molecular flexibility index (Phi) is 16.9. The SMILES string of the molecule is NCCCCC(NC(=O)C(CS)NC(=O)C(N)Cc1cnc[nH]1)C(=O)NC(Cc1ccccc1)C(=O)NC(Cc1c[nH]c2ccccc12)C(=O)NC(Cc1c[nH]c2ccccc12)C(=O)O. The average Bonchev–Trinajstić information content (AvgIpc) is 4.08. The maximum Gasteiger partial charge on any atom is 0.326 e. The number of nitrogens with one attached hydrogen (secondary N) is 8. The Morgan fingerprint density at radius 1 is 0.600 bits per heavy atom. The lowest BCUT2D eigenvalue weighted by molar-refractivity contribution is -0.142. The van der Waals surface area contributed by atoms with Gasteiger partial charge in [0, 0.05) is 77.5 Å². The summed E-state index contributed by atoms with van der Waals surface area (Å²) in [6, 6.07) is 16.5. The minimum Gasteiger partial charge on any atom is -0.480 e. The summed E-state index contributed by atoms with van der Waals surface area (Å²) in [6.45, 7) is 0.329. The normalized spacial score (nSPS) is 14.1. The number of carboxylic acids is 1. The van der Waals surface area contributed by atoms with Gasteiger partial charge in [-0.15, -0.1) is 0 Å². The highest BCUT2D eigenvalue weighted by Gasteiger charge is 2.33. The second-order valence-electron chi connectivity index (χ2n) is 15.8. The van der Waals surface area contributed by atoms with Crippen molar-refractivity contribution < 1.29 is 33.9 Å². The molecule has 6 aromatic rings. The van der Waals surface area contributed by atoms with Crippen LogP contribution in [0.2, 0.25) is 0 Å². The number of hydrogen-bond donors (Lipinski definition) is 12. The Hall–Kier alpha value is -6.96. The molecule has 13 N–H and O–H groups in total. The monoisotopic (exact) mass is 905 g/mol. The third-order valence-electron chi connectivity index (χ3n) is 11.1. The molecule has 342 valence electrons. The molecule has 5 amide bonds. The minimum atomic E-state index is -1.36. The van der Waals surface area contributed by atoms with E-state index in [9.17, 15) is 33.9 Å². The summed E-state index contributed by atoms with van der Waals surface area (Å²) in [7, 11) is 0. The van der Waals surface area contributed by atoms with E-state index >= 15 is 0 Å². The summed E-state index contributed by atoms with van der Waals surface area (Å²) in [5.74, 6) is -4.88. The number of carboxylic acid groups (broad SMARTS) is 1. The maximum absolute atomic E-state index is 14.6. The molecule has 3 aromatic heterocycles. The van der Waals surface area contributed by atoms with Gasteiger partial charge in [-0.05, 0) is 54.6 Å². The van der Waals surface area contributed by atoms with Crippen molar-refractivity contribution in [3.8, 4) is 0 Å². The van der Waals surface area contributed by atoms with Crippen LogP contribution < -0.4 is 38.1 Å². The van der Waals surface area contributed by atoms with Gasteiger partial charge in [-0.3, -0.25) is 24.0 Å². The van der Waals surface area contributed by atoms with Gasteiger partial charge in [0.1, 0.15) is 30.2 Å². The van der Waals surface area contributed by atoms with Gasteiger partial charge >= 0.3 is 5.97 Å². The van der Waals surface area contributed by atoms with Gasteiger partial charge in [-0.1, -0.05) is 66.7 Å². The molecule has 0 fully saturated rings. The van der Waals surface area contributed by atoms with Crippen molar-refractivity contribution in [2.45, 2.75) is 81.2 Å². The number of carbonyl (C=O) groups is 6. The highest BCUT2D eigenvalue weighted by atomic mass is 32.1. The fourth-order valence-corrected chi connectivity index (χ4v) is 7.82. The number of aromatic nitrogens is 4. The molecular weight excluding hydrogens is 851 g/mol. The molecule has 65 heavy (non-hydrogen) atoms. The number of nitrogens with two attached hydrogens (primary N) is 2. The van der Waals surface area contributed by atoms with E-state index in [1.807, 2.05) is 48.5 Å². The lowest BCUT2D eigenvalue weighted by Gasteiger charge is -2.27. The molecule has 0 bridgehead atoms. The van der Waals surface area contributed by atoms with E-state index in [2.05, 4.69) is 59.1 Å². The van der Waals surface area contributed by atoms with Crippen molar-refractivity contribution in [2.24, 2.45) is 11.5 Å². The Balaban J connectivity index is 1.23. The molecule has 3 aromatic carbocycles. The van der Waals surface area contributed by atoms with E-state index in [-0.39, 0.29) is 37.9 Å². The number of aliphatic carboxylic acids is 1. The van der Waals surface area contributed by atoms with Crippen LogP contribution in [-0.4, -0.2) is 109 Å². The van der Waals surface area contributed by atoms with Crippen LogP contribution in [0, 0.1) is 0 Å². The van der Waals surface area contributed by atoms with Crippen LogP contribution in [0.25, 0.3) is 21.8 Å². The lowest BCUT2D eigenvalue weighted by atomic mass is 10.0. The highest BCUT2D eigenvalue weighted by molar-refractivity contribution is 7.80. The molecule has 6 atom stereocenters. The number of H-pyrrole nitrogens is 3. The average molecular weight is 906 g/mol. The van der Waals surface area contributed by atoms with Gasteiger partial charge in [0.2, 0.25) is 29.5 Å². The number of carbonyl (C=O) groups excluding carboxylic acids is 5. The Morgan fingerprint density at radius 2 is 1.11 bits per heavy atom. The molecule has 0 saturated heterocycles. The third-order valence-corrected chi connectivity index (χ3v) is 11.5. The zero-order valence-electron chi connectivity index (χ0n) is 35.6. The topological polar surface area (TPSA) is 295 Å². The van der Waals surface area contributed by atoms with Crippen LogP contribution in [0.1, 0.15) is 41.6 Å². The summed E-state index contributed by atoms with van der Waals surface area (Å²) >= 11 is 4.28. The molecule has 0 spiro atoms. The number of benzene rings is 3. The zero-order chi connectivity index (χ0) is 46.3. The first-order chi connectivity index (χ1) is 31.4. The molecule has 6 unspecified atom stereocenters. The van der Waals surface area contributed by atoms with Gasteiger partial charge in [0.25, 0.3) is 0 Å². The van der Waals surface area contributed by atoms with E-state index in [0.717, 1.165) is 21.8 Å². The van der Waals surface area contributed by atoms with Crippen molar-refractivity contribution in [3.63, 3.8) is 0 Å². The third kappa shape index (κ3) is 13.1. The number of fused-ring (bicyclic) bond motifs is 2. The summed E-state index contributed by atoms with van der Waals surface area (Å²) < 4.78 is 0. The number of hydrogen-bond acceptors (Lipinski definition) is 10. The quantitative estimate of drug-likeness (QED) is 0.0307. The number of unbranched alkanes of at least 4 members (excludes halogenated alkanes) is 1. The minimum absolute atomic E-state index is 0.00877. The van der Waals surface area contributed by atoms with E-state index < -0.39 is 71.8 Å². The van der Waals surface area contributed by atoms with Gasteiger partial charge in [-0.25, -0.2) is 9.78 Å². The van der Waals surface area contributed by atoms with Crippen LogP contribution in [0.4, 0.5) is 0 Å². The van der Waals surface area contributed by atoms with Crippen molar-refractivity contribution in [3.05, 3.63) is 126 Å². The molecule has 3 heterocycles. The molecule has 0 aliphatic heterocycles. The molecule has 19 heteroatoms. The van der Waals surface area contributed by atoms with Crippen LogP contribution in [-0.2, 0) is 54.5 Å². The van der Waals surface area contributed by atoms with Crippen LogP contribution in [0.15, 0.2) is 104 Å². The molecular formula is C46H55N11O7S. The molecule has 0 radical (unpaired) electrons. The van der Waals surface area contributed by atoms with E-state index in [1.165, 1.54) is 12.5 Å². The fraction of sp³-hybridized carbons (Fsp3) is 0.326. The number of nitrogens with zero attached hydrogens (tertiary/aromatic N) is 1. The van der Waals surface area contributed by atoms with Gasteiger partial charge < -0.3 is 58.1 Å². The molecule has 0 saturated carbocycles. The smallest absolute Gasteiger partial charge is 0.326 e. The number of para-hydroxylation sites is 2. The number of imidazole rings is 1. The van der Waals surface area contributed by atoms with E-state index in [0.29, 0.717) is 41.8 Å². The Bertz CT molecular complexity index is 2550. The lowest BCUT2D eigenvalue weighted by Crippen LogP contribution is -2.60. The highest BCUT2D eigenvalue weighted by Crippen LogP contribution is 2.21. The summed E-state index contributed by atoms with van der Waals surface area (Å²) in [4.78, 5) is 95.6. The second-order valence-corrected chi connectivity index (χ2v) is 16.2. The molecule has 0 aliphatic carbocycles. The number of rotatable bonds is 24. The standard InChI is InChI=1S/C46H55N11O7S/c47-17-9-8-16-36(53-45(62)40(25-65)57-41(58)33(48)21-30-24-49-26-52-30)42(59)54-37(18-27-10-2-1-3-11-27)43(60)55-38(19-28-22-50-34-14-6-4-12-31(28)34)44(61)56-39(46(63)64)20-29-23-51-35-15-7-5-13-32(29)35/h1-7,10-15,22-24,26,33,36-40,50-51,65H,8-9,16-21,25,47-48H2,(H,49,52)(H,53,62)(H,54,59)(H,55,60)(H,56,61)(H,57,58)(H,63,64). The van der Waals surface area contributed by atoms with Crippen molar-refractivity contribution in [1.29, 1.82) is 0 Å². The van der Waals surface area contributed by atoms with Crippen molar-refractivity contribution >= 4 is 69.9 Å². The fourth-order valence-electron chi connectivity index (χ4n) is 7.56. The second kappa shape index (κ2) is 23.1. The Morgan fingerprint density at radius 3 is 1.68 bits per heavy atom. The van der Waals surface area contributed by atoms with Crippen molar-refractivity contribution in [2.75, 3.05) is 12.3 Å². The first kappa shape index (κ1) is 47.5. The predicted molar refractivity (Wildman–Crippen MR) is 248 cm³/mol. The zero-order valence-corrected chi connectivity index (χ0v) is 36.5. The maximum atomic E-state index is 14.6. The summed E-state index contributed by atoms with van der Waals surface area (Å²) in [5, 5.41) is 25.6. The number of aromatic amines is 3. The molecule has 18 nitrogen and oxygen atoms in total.